The second-order valence-corrected chi connectivity index (χ2v) is 8.21. The third-order valence-corrected chi connectivity index (χ3v) is 5.88. The number of ketones is 2. The molecule has 0 aliphatic carbocycles. The first kappa shape index (κ1) is 25.7. The van der Waals surface area contributed by atoms with E-state index in [4.69, 9.17) is 14.2 Å². The van der Waals surface area contributed by atoms with Crippen molar-refractivity contribution in [1.29, 1.82) is 0 Å². The minimum Gasteiger partial charge on any atom is -0.497 e. The van der Waals surface area contributed by atoms with Gasteiger partial charge >= 0.3 is 5.97 Å². The molecule has 0 saturated heterocycles. The first-order valence-electron chi connectivity index (χ1n) is 11.6. The summed E-state index contributed by atoms with van der Waals surface area (Å²) in [6.45, 7) is 5.70. The Kier molecular flexibility index (Phi) is 8.84. The third kappa shape index (κ3) is 6.82. The van der Waals surface area contributed by atoms with Crippen molar-refractivity contribution in [3.63, 3.8) is 0 Å². The SMILES string of the molecule is CCC(=O)c1ccc(OCC(=O)OCC(=O)c2cc(C)n(CCc3ccc(OC)cc3)c2C)cc1. The number of Topliss-reactive ketones (excluding diaryl/α,β-unsaturated/α-hetero) is 2. The minimum atomic E-state index is -0.639. The summed E-state index contributed by atoms with van der Waals surface area (Å²) in [5.41, 5.74) is 4.12. The van der Waals surface area contributed by atoms with E-state index in [0.717, 1.165) is 30.1 Å². The van der Waals surface area contributed by atoms with E-state index in [1.54, 1.807) is 38.3 Å². The van der Waals surface area contributed by atoms with Crippen LogP contribution in [0, 0.1) is 13.8 Å². The van der Waals surface area contributed by atoms with Gasteiger partial charge in [-0.05, 0) is 68.3 Å². The molecule has 35 heavy (non-hydrogen) atoms. The number of aromatic nitrogens is 1. The molecule has 0 bridgehead atoms. The number of carbonyl (C=O) groups excluding carboxylic acids is 3. The summed E-state index contributed by atoms with van der Waals surface area (Å²) in [6.07, 6.45) is 1.24. The third-order valence-electron chi connectivity index (χ3n) is 5.88. The second-order valence-electron chi connectivity index (χ2n) is 8.21. The van der Waals surface area contributed by atoms with E-state index in [1.165, 1.54) is 5.56 Å². The fraction of sp³-hybridized carbons (Fsp3) is 0.321. The maximum Gasteiger partial charge on any atom is 0.344 e. The van der Waals surface area contributed by atoms with Crippen LogP contribution < -0.4 is 9.47 Å². The standard InChI is InChI=1S/C28H31NO6/c1-5-26(30)22-8-12-24(13-9-22)34-18-28(32)35-17-27(31)25-16-19(2)29(20(25)3)15-14-21-6-10-23(33-4)11-7-21/h6-13,16H,5,14-15,17-18H2,1-4H3. The molecule has 0 radical (unpaired) electrons. The van der Waals surface area contributed by atoms with Gasteiger partial charge in [0.25, 0.3) is 0 Å². The van der Waals surface area contributed by atoms with Gasteiger partial charge < -0.3 is 18.8 Å². The molecule has 184 valence electrons. The molecule has 7 heteroatoms. The number of ether oxygens (including phenoxy) is 3. The maximum atomic E-state index is 12.7. The monoisotopic (exact) mass is 477 g/mol. The summed E-state index contributed by atoms with van der Waals surface area (Å²) in [5.74, 6) is 0.400. The quantitative estimate of drug-likeness (QED) is 0.276. The van der Waals surface area contributed by atoms with Crippen molar-refractivity contribution in [3.8, 4) is 11.5 Å². The lowest BCUT2D eigenvalue weighted by molar-refractivity contribution is -0.144. The van der Waals surface area contributed by atoms with Crippen LogP contribution in [0.2, 0.25) is 0 Å². The molecule has 0 atom stereocenters. The topological polar surface area (TPSA) is 83.8 Å². The number of rotatable bonds is 12. The van der Waals surface area contributed by atoms with E-state index in [2.05, 4.69) is 4.57 Å². The van der Waals surface area contributed by atoms with Crippen LogP contribution in [0.5, 0.6) is 11.5 Å². The van der Waals surface area contributed by atoms with Gasteiger partial charge in [-0.2, -0.15) is 0 Å². The van der Waals surface area contributed by atoms with E-state index in [1.807, 2.05) is 44.2 Å². The van der Waals surface area contributed by atoms with Crippen molar-refractivity contribution < 1.29 is 28.6 Å². The van der Waals surface area contributed by atoms with Crippen LogP contribution in [0.25, 0.3) is 0 Å². The van der Waals surface area contributed by atoms with Crippen LogP contribution >= 0.6 is 0 Å². The van der Waals surface area contributed by atoms with E-state index >= 15 is 0 Å². The van der Waals surface area contributed by atoms with E-state index in [0.29, 0.717) is 23.3 Å². The van der Waals surface area contributed by atoms with Gasteiger partial charge in [0.2, 0.25) is 5.78 Å². The number of carbonyl (C=O) groups is 3. The van der Waals surface area contributed by atoms with Crippen molar-refractivity contribution in [2.75, 3.05) is 20.3 Å². The molecule has 0 fully saturated rings. The van der Waals surface area contributed by atoms with Gasteiger partial charge in [0.1, 0.15) is 11.5 Å². The molecule has 0 N–H and O–H groups in total. The molecule has 1 heterocycles. The summed E-state index contributed by atoms with van der Waals surface area (Å²) in [7, 11) is 1.64. The van der Waals surface area contributed by atoms with Crippen molar-refractivity contribution >= 4 is 17.5 Å². The second kappa shape index (κ2) is 12.0. The van der Waals surface area contributed by atoms with Gasteiger partial charge in [0.15, 0.2) is 19.0 Å². The zero-order valence-electron chi connectivity index (χ0n) is 20.6. The first-order valence-corrected chi connectivity index (χ1v) is 11.6. The Labute approximate surface area is 205 Å². The Morgan fingerprint density at radius 3 is 2.14 bits per heavy atom. The molecule has 1 aromatic heterocycles. The fourth-order valence-electron chi connectivity index (χ4n) is 3.81. The fourth-order valence-corrected chi connectivity index (χ4v) is 3.81. The van der Waals surface area contributed by atoms with Crippen LogP contribution in [-0.2, 0) is 22.5 Å². The van der Waals surface area contributed by atoms with Crippen LogP contribution in [0.1, 0.15) is 51.0 Å². The van der Waals surface area contributed by atoms with Crippen molar-refractivity contribution in [1.82, 2.24) is 4.57 Å². The number of hydrogen-bond acceptors (Lipinski definition) is 6. The van der Waals surface area contributed by atoms with Gasteiger partial charge in [-0.15, -0.1) is 0 Å². The van der Waals surface area contributed by atoms with Crippen molar-refractivity contribution in [2.24, 2.45) is 0 Å². The van der Waals surface area contributed by atoms with Gasteiger partial charge in [-0.25, -0.2) is 4.79 Å². The molecule has 0 aliphatic rings. The molecular formula is C28H31NO6. The van der Waals surface area contributed by atoms with Crippen LogP contribution in [-0.4, -0.2) is 42.4 Å². The smallest absolute Gasteiger partial charge is 0.344 e. The van der Waals surface area contributed by atoms with Gasteiger partial charge in [-0.1, -0.05) is 19.1 Å². The molecule has 2 aromatic carbocycles. The van der Waals surface area contributed by atoms with Gasteiger partial charge in [-0.3, -0.25) is 9.59 Å². The average Bonchev–Trinajstić information content (AvgIpc) is 3.17. The number of methoxy groups -OCH3 is 1. The molecule has 0 aliphatic heterocycles. The van der Waals surface area contributed by atoms with E-state index < -0.39 is 5.97 Å². The Balaban J connectivity index is 1.50. The summed E-state index contributed by atoms with van der Waals surface area (Å²) < 4.78 is 17.8. The zero-order chi connectivity index (χ0) is 25.4. The number of benzene rings is 2. The lowest BCUT2D eigenvalue weighted by Gasteiger charge is -2.11. The van der Waals surface area contributed by atoms with E-state index in [9.17, 15) is 14.4 Å². The molecule has 0 saturated carbocycles. The van der Waals surface area contributed by atoms with Gasteiger partial charge in [0, 0.05) is 35.5 Å². The summed E-state index contributed by atoms with van der Waals surface area (Å²) >= 11 is 0. The Bertz CT molecular complexity index is 1180. The summed E-state index contributed by atoms with van der Waals surface area (Å²) in [5, 5.41) is 0. The first-order chi connectivity index (χ1) is 16.8. The molecule has 7 nitrogen and oxygen atoms in total. The predicted octanol–water partition coefficient (Wildman–Crippen LogP) is 4.75. The highest BCUT2D eigenvalue weighted by atomic mass is 16.6. The molecule has 0 spiro atoms. The maximum absolute atomic E-state index is 12.7. The van der Waals surface area contributed by atoms with Crippen LogP contribution in [0.4, 0.5) is 0 Å². The predicted molar refractivity (Wildman–Crippen MR) is 132 cm³/mol. The normalized spacial score (nSPS) is 10.6. The highest BCUT2D eigenvalue weighted by Crippen LogP contribution is 2.18. The number of hydrogen-bond donors (Lipinski definition) is 0. The summed E-state index contributed by atoms with van der Waals surface area (Å²) in [4.78, 5) is 36.4. The average molecular weight is 478 g/mol. The number of esters is 1. The Hall–Kier alpha value is -3.87. The zero-order valence-corrected chi connectivity index (χ0v) is 20.6. The number of aryl methyl sites for hydroxylation is 2. The highest BCUT2D eigenvalue weighted by molar-refractivity contribution is 5.99. The summed E-state index contributed by atoms with van der Waals surface area (Å²) in [6, 6.07) is 16.3. The molecular weight excluding hydrogens is 446 g/mol. The van der Waals surface area contributed by atoms with E-state index in [-0.39, 0.29) is 24.8 Å². The molecule has 0 amide bonds. The van der Waals surface area contributed by atoms with Crippen LogP contribution in [0.3, 0.4) is 0 Å². The van der Waals surface area contributed by atoms with Crippen molar-refractivity contribution in [3.05, 3.63) is 82.7 Å². The largest absolute Gasteiger partial charge is 0.497 e. The lowest BCUT2D eigenvalue weighted by atomic mass is 10.1. The molecule has 3 rings (SSSR count). The lowest BCUT2D eigenvalue weighted by Crippen LogP contribution is -2.20. The van der Waals surface area contributed by atoms with Gasteiger partial charge in [0.05, 0.1) is 7.11 Å². The van der Waals surface area contributed by atoms with Crippen molar-refractivity contribution in [2.45, 2.75) is 40.2 Å². The number of nitrogens with zero attached hydrogens (tertiary/aromatic N) is 1. The Morgan fingerprint density at radius 1 is 0.857 bits per heavy atom. The highest BCUT2D eigenvalue weighted by Gasteiger charge is 2.17. The molecule has 0 unspecified atom stereocenters. The Morgan fingerprint density at radius 2 is 1.51 bits per heavy atom. The van der Waals surface area contributed by atoms with Crippen LogP contribution in [0.15, 0.2) is 54.6 Å². The molecule has 3 aromatic rings. The minimum absolute atomic E-state index is 0.0366.